The van der Waals surface area contributed by atoms with Crippen molar-refractivity contribution in [2.24, 2.45) is 11.8 Å². The fraction of sp³-hybridized carbons (Fsp3) is 0.450. The van der Waals surface area contributed by atoms with Crippen LogP contribution in [0.1, 0.15) is 49.9 Å². The largest absolute Gasteiger partial charge is 0.466 e. The number of benzene rings is 2. The van der Waals surface area contributed by atoms with Crippen molar-refractivity contribution in [3.63, 3.8) is 0 Å². The minimum absolute atomic E-state index is 0.268. The van der Waals surface area contributed by atoms with E-state index in [4.69, 9.17) is 9.47 Å². The van der Waals surface area contributed by atoms with Crippen molar-refractivity contribution in [2.45, 2.75) is 77.4 Å². The Labute approximate surface area is 327 Å². The van der Waals surface area contributed by atoms with Gasteiger partial charge in [-0.25, -0.2) is 9.59 Å². The van der Waals surface area contributed by atoms with Crippen molar-refractivity contribution in [1.29, 1.82) is 0 Å². The summed E-state index contributed by atoms with van der Waals surface area (Å²) in [6.07, 6.45) is -2.38. The second-order valence-corrected chi connectivity index (χ2v) is 13.3. The van der Waals surface area contributed by atoms with Crippen LogP contribution in [0, 0.1) is 11.8 Å². The van der Waals surface area contributed by atoms with E-state index in [-0.39, 0.29) is 13.2 Å². The van der Waals surface area contributed by atoms with Gasteiger partial charge in [0.05, 0.1) is 27.4 Å². The number of likely N-dealkylation sites (N-methyl/N-ethyl adjacent to an activating group) is 2. The highest BCUT2D eigenvalue weighted by Crippen LogP contribution is 2.19. The van der Waals surface area contributed by atoms with Crippen LogP contribution in [0.5, 0.6) is 0 Å². The number of amides is 4. The molecule has 0 aliphatic heterocycles. The summed E-state index contributed by atoms with van der Waals surface area (Å²) >= 11 is 0. The monoisotopic (exact) mass is 782 g/mol. The molecule has 2 aromatic carbocycles. The molecule has 0 fully saturated rings. The molecule has 0 bridgehead atoms. The van der Waals surface area contributed by atoms with Gasteiger partial charge in [0, 0.05) is 26.2 Å². The van der Waals surface area contributed by atoms with Crippen LogP contribution >= 0.6 is 0 Å². The van der Waals surface area contributed by atoms with Crippen LogP contribution in [-0.2, 0) is 60.9 Å². The van der Waals surface area contributed by atoms with Crippen LogP contribution in [0.25, 0.3) is 12.2 Å². The minimum atomic E-state index is -2.12. The van der Waals surface area contributed by atoms with Gasteiger partial charge >= 0.3 is 11.9 Å². The maximum atomic E-state index is 13.8. The molecule has 0 aliphatic rings. The Bertz CT molecular complexity index is 1550. The SMILES string of the molecule is CNC(=O)[C@@H](NC(=O)[C@H](OCc1ccc(C=CC(=O)OC)cc1)[C@H](O)[C@@H](O)[C@@H](OCc1ccc(C=CC(=O)OC)cc1)C(=O)N[C@H](C(=O)NC)C(C)C)C(C)C. The zero-order valence-electron chi connectivity index (χ0n) is 32.9. The predicted octanol–water partition coefficient (Wildman–Crippen LogP) is 1.03. The molecule has 6 atom stereocenters. The van der Waals surface area contributed by atoms with Gasteiger partial charge in [-0.2, -0.15) is 0 Å². The first-order valence-electron chi connectivity index (χ1n) is 17.9. The van der Waals surface area contributed by atoms with Crippen molar-refractivity contribution in [3.05, 3.63) is 82.9 Å². The van der Waals surface area contributed by atoms with E-state index in [1.165, 1.54) is 52.6 Å². The molecule has 16 nitrogen and oxygen atoms in total. The molecule has 306 valence electrons. The van der Waals surface area contributed by atoms with E-state index in [9.17, 15) is 39.0 Å². The number of hydrogen-bond acceptors (Lipinski definition) is 12. The van der Waals surface area contributed by atoms with Crippen molar-refractivity contribution >= 4 is 47.7 Å². The lowest BCUT2D eigenvalue weighted by Crippen LogP contribution is -2.60. The van der Waals surface area contributed by atoms with Crippen LogP contribution in [-0.4, -0.2) is 111 Å². The van der Waals surface area contributed by atoms with Crippen LogP contribution in [0.4, 0.5) is 0 Å². The summed E-state index contributed by atoms with van der Waals surface area (Å²) in [6, 6.07) is 11.2. The number of aliphatic hydroxyl groups is 2. The first kappa shape index (κ1) is 46.7. The van der Waals surface area contributed by atoms with E-state index in [2.05, 4.69) is 30.7 Å². The summed E-state index contributed by atoms with van der Waals surface area (Å²) in [7, 11) is 5.31. The highest BCUT2D eigenvalue weighted by Gasteiger charge is 2.42. The average Bonchev–Trinajstić information content (AvgIpc) is 3.19. The number of esters is 2. The summed E-state index contributed by atoms with van der Waals surface area (Å²) in [5.74, 6) is -4.82. The molecule has 0 heterocycles. The number of nitrogens with one attached hydrogen (secondary N) is 4. The molecule has 0 unspecified atom stereocenters. The number of rotatable bonds is 21. The van der Waals surface area contributed by atoms with Crippen molar-refractivity contribution in [3.8, 4) is 0 Å². The maximum Gasteiger partial charge on any atom is 0.330 e. The molecule has 0 spiro atoms. The van der Waals surface area contributed by atoms with Gasteiger partial charge in [-0.15, -0.1) is 0 Å². The summed E-state index contributed by atoms with van der Waals surface area (Å²) in [4.78, 5) is 75.9. The van der Waals surface area contributed by atoms with Gasteiger partial charge in [-0.05, 0) is 46.2 Å². The van der Waals surface area contributed by atoms with Gasteiger partial charge < -0.3 is 50.4 Å². The molecular formula is C40H54N4O12. The van der Waals surface area contributed by atoms with E-state index < -0.39 is 83.9 Å². The highest BCUT2D eigenvalue weighted by molar-refractivity contribution is 5.91. The molecule has 6 N–H and O–H groups in total. The summed E-state index contributed by atoms with van der Waals surface area (Å²) < 4.78 is 21.0. The average molecular weight is 783 g/mol. The van der Waals surface area contributed by atoms with Gasteiger partial charge in [0.25, 0.3) is 11.8 Å². The molecule has 2 rings (SSSR count). The van der Waals surface area contributed by atoms with Crippen LogP contribution < -0.4 is 21.3 Å². The zero-order valence-corrected chi connectivity index (χ0v) is 32.9. The Morgan fingerprint density at radius 2 is 0.893 bits per heavy atom. The van der Waals surface area contributed by atoms with E-state index >= 15 is 0 Å². The minimum Gasteiger partial charge on any atom is -0.466 e. The van der Waals surface area contributed by atoms with E-state index in [1.807, 2.05) is 0 Å². The van der Waals surface area contributed by atoms with E-state index in [1.54, 1.807) is 76.2 Å². The molecule has 0 saturated heterocycles. The van der Waals surface area contributed by atoms with Gasteiger partial charge in [0.2, 0.25) is 11.8 Å². The van der Waals surface area contributed by atoms with E-state index in [0.29, 0.717) is 22.3 Å². The number of carbonyl (C=O) groups excluding carboxylic acids is 6. The molecule has 0 aromatic heterocycles. The molecule has 0 saturated carbocycles. The Morgan fingerprint density at radius 3 is 1.16 bits per heavy atom. The highest BCUT2D eigenvalue weighted by atomic mass is 16.5. The lowest BCUT2D eigenvalue weighted by molar-refractivity contribution is -0.171. The standard InChI is InChI=1S/C40H54N4O12/c1-23(2)31(37(49)41-5)43-39(51)35(55-21-27-13-9-25(10-14-27)17-19-29(45)53-7)33(47)34(48)36(40(52)44-32(24(3)4)38(50)42-6)56-22-28-15-11-26(12-16-28)18-20-30(46)54-8/h9-20,23-24,31-36,47-48H,21-22H2,1-8H3,(H,41,49)(H,42,50)(H,43,51)(H,44,52)/t31-,32-,33+,34+,35+,36+/m0/s1. The van der Waals surface area contributed by atoms with Gasteiger partial charge in [0.1, 0.15) is 24.3 Å². The molecule has 0 radical (unpaired) electrons. The Hall–Kier alpha value is -5.42. The predicted molar refractivity (Wildman–Crippen MR) is 206 cm³/mol. The van der Waals surface area contributed by atoms with Crippen LogP contribution in [0.3, 0.4) is 0 Å². The van der Waals surface area contributed by atoms with Gasteiger partial charge in [-0.1, -0.05) is 76.2 Å². The second kappa shape index (κ2) is 23.5. The first-order chi connectivity index (χ1) is 26.6. The molecule has 0 aliphatic carbocycles. The fourth-order valence-corrected chi connectivity index (χ4v) is 5.16. The fourth-order valence-electron chi connectivity index (χ4n) is 5.16. The normalized spacial score (nSPS) is 14.7. The smallest absolute Gasteiger partial charge is 0.330 e. The van der Waals surface area contributed by atoms with Crippen molar-refractivity contribution in [1.82, 2.24) is 21.3 Å². The topological polar surface area (TPSA) is 228 Å². The molecular weight excluding hydrogens is 728 g/mol. The van der Waals surface area contributed by atoms with Crippen molar-refractivity contribution in [2.75, 3.05) is 28.3 Å². The van der Waals surface area contributed by atoms with Crippen molar-refractivity contribution < 1.29 is 57.9 Å². The molecule has 56 heavy (non-hydrogen) atoms. The van der Waals surface area contributed by atoms with Crippen LogP contribution in [0.15, 0.2) is 60.7 Å². The third kappa shape index (κ3) is 14.7. The number of hydrogen-bond donors (Lipinski definition) is 6. The number of methoxy groups -OCH3 is 2. The Balaban J connectivity index is 2.49. The van der Waals surface area contributed by atoms with Crippen LogP contribution in [0.2, 0.25) is 0 Å². The number of ether oxygens (including phenoxy) is 4. The molecule has 2 aromatic rings. The molecule has 16 heteroatoms. The third-order valence-corrected chi connectivity index (χ3v) is 8.52. The second-order valence-electron chi connectivity index (χ2n) is 13.3. The summed E-state index contributed by atoms with van der Waals surface area (Å²) in [5.41, 5.74) is 2.38. The third-order valence-electron chi connectivity index (χ3n) is 8.52. The molecule has 4 amide bonds. The number of aliphatic hydroxyl groups excluding tert-OH is 2. The van der Waals surface area contributed by atoms with Gasteiger partial charge in [0.15, 0.2) is 12.2 Å². The first-order valence-corrected chi connectivity index (χ1v) is 17.9. The quantitative estimate of drug-likeness (QED) is 0.0771. The van der Waals surface area contributed by atoms with E-state index in [0.717, 1.165) is 0 Å². The summed E-state index contributed by atoms with van der Waals surface area (Å²) in [5, 5.41) is 33.4. The lowest BCUT2D eigenvalue weighted by Gasteiger charge is -2.32. The zero-order chi connectivity index (χ0) is 41.9. The Morgan fingerprint density at radius 1 is 0.571 bits per heavy atom. The number of carbonyl (C=O) groups is 6. The van der Waals surface area contributed by atoms with Gasteiger partial charge in [-0.3, -0.25) is 19.2 Å². The Kier molecular flexibility index (Phi) is 19.6. The lowest BCUT2D eigenvalue weighted by atomic mass is 9.98. The maximum absolute atomic E-state index is 13.8. The summed E-state index contributed by atoms with van der Waals surface area (Å²) in [6.45, 7) is 6.26.